The van der Waals surface area contributed by atoms with Gasteiger partial charge in [0, 0.05) is 18.3 Å². The molecule has 2 rings (SSSR count). The first-order valence-electron chi connectivity index (χ1n) is 6.16. The second-order valence-corrected chi connectivity index (χ2v) is 4.48. The number of amides is 1. The van der Waals surface area contributed by atoms with Gasteiger partial charge in [0.2, 0.25) is 0 Å². The van der Waals surface area contributed by atoms with Gasteiger partial charge in [-0.25, -0.2) is 0 Å². The van der Waals surface area contributed by atoms with Gasteiger partial charge in [0.05, 0.1) is 22.7 Å². The molecule has 1 aromatic carbocycles. The fourth-order valence-electron chi connectivity index (χ4n) is 1.82. The molecule has 108 valence electrons. The van der Waals surface area contributed by atoms with Gasteiger partial charge >= 0.3 is 0 Å². The summed E-state index contributed by atoms with van der Waals surface area (Å²) in [7, 11) is 0. The minimum atomic E-state index is -0.489. The number of pyridine rings is 1. The van der Waals surface area contributed by atoms with Crippen LogP contribution in [0, 0.1) is 10.1 Å². The van der Waals surface area contributed by atoms with Crippen LogP contribution in [0.25, 0.3) is 0 Å². The topological polar surface area (TPSA) is 105 Å². The van der Waals surface area contributed by atoms with E-state index in [1.54, 1.807) is 19.1 Å². The van der Waals surface area contributed by atoms with Crippen molar-refractivity contribution in [1.82, 2.24) is 10.3 Å². The molecule has 0 saturated heterocycles. The quantitative estimate of drug-likeness (QED) is 0.662. The number of benzene rings is 1. The molecule has 0 aliphatic carbocycles. The number of nitro benzene ring substituents is 1. The van der Waals surface area contributed by atoms with Gasteiger partial charge in [0.1, 0.15) is 5.75 Å². The largest absolute Gasteiger partial charge is 0.506 e. The normalized spacial score (nSPS) is 11.7. The lowest BCUT2D eigenvalue weighted by atomic mass is 10.1. The van der Waals surface area contributed by atoms with E-state index in [4.69, 9.17) is 0 Å². The Hall–Kier alpha value is -2.96. The summed E-state index contributed by atoms with van der Waals surface area (Å²) in [5.41, 5.74) is 0.797. The van der Waals surface area contributed by atoms with Crippen LogP contribution in [-0.4, -0.2) is 20.9 Å². The van der Waals surface area contributed by atoms with E-state index in [1.165, 1.54) is 30.6 Å². The average Bonchev–Trinajstić information content (AvgIpc) is 2.47. The van der Waals surface area contributed by atoms with Gasteiger partial charge < -0.3 is 10.4 Å². The summed E-state index contributed by atoms with van der Waals surface area (Å²) in [5.74, 6) is -0.525. The van der Waals surface area contributed by atoms with E-state index >= 15 is 0 Å². The van der Waals surface area contributed by atoms with E-state index in [0.717, 1.165) is 0 Å². The van der Waals surface area contributed by atoms with Gasteiger partial charge in [0.15, 0.2) is 0 Å². The number of carbonyl (C=O) groups excluding carboxylic acids is 1. The molecule has 1 aromatic heterocycles. The molecule has 0 aliphatic heterocycles. The molecule has 2 aromatic rings. The molecule has 0 radical (unpaired) electrons. The highest BCUT2D eigenvalue weighted by atomic mass is 16.6. The SMILES string of the molecule is CC(NC(=O)c1cncc(O)c1)c1cccc([N+](=O)[O-])c1. The third kappa shape index (κ3) is 3.53. The lowest BCUT2D eigenvalue weighted by Gasteiger charge is -2.14. The Morgan fingerprint density at radius 3 is 2.81 bits per heavy atom. The van der Waals surface area contributed by atoms with Crippen molar-refractivity contribution in [2.45, 2.75) is 13.0 Å². The number of nitro groups is 1. The second-order valence-electron chi connectivity index (χ2n) is 4.48. The van der Waals surface area contributed by atoms with Crippen molar-refractivity contribution >= 4 is 11.6 Å². The minimum Gasteiger partial charge on any atom is -0.506 e. The predicted molar refractivity (Wildman–Crippen MR) is 74.9 cm³/mol. The second kappa shape index (κ2) is 6.00. The van der Waals surface area contributed by atoms with Crippen molar-refractivity contribution in [3.8, 4) is 5.75 Å². The summed E-state index contributed by atoms with van der Waals surface area (Å²) in [5, 5.41) is 22.7. The van der Waals surface area contributed by atoms with Crippen LogP contribution in [0.5, 0.6) is 5.75 Å². The van der Waals surface area contributed by atoms with E-state index in [2.05, 4.69) is 10.3 Å². The van der Waals surface area contributed by atoms with Crippen LogP contribution >= 0.6 is 0 Å². The monoisotopic (exact) mass is 287 g/mol. The van der Waals surface area contributed by atoms with Crippen LogP contribution < -0.4 is 5.32 Å². The summed E-state index contributed by atoms with van der Waals surface area (Å²) in [6.45, 7) is 1.72. The highest BCUT2D eigenvalue weighted by molar-refractivity contribution is 5.94. The molecule has 21 heavy (non-hydrogen) atoms. The number of nitrogens with zero attached hydrogens (tertiary/aromatic N) is 2. The van der Waals surface area contributed by atoms with Crippen molar-refractivity contribution in [3.63, 3.8) is 0 Å². The molecular weight excluding hydrogens is 274 g/mol. The molecule has 0 saturated carbocycles. The maximum absolute atomic E-state index is 12.0. The first-order valence-corrected chi connectivity index (χ1v) is 6.16. The Balaban J connectivity index is 2.14. The number of hydrogen-bond acceptors (Lipinski definition) is 5. The standard InChI is InChI=1S/C14H13N3O4/c1-9(10-3-2-4-12(5-10)17(20)21)16-14(19)11-6-13(18)8-15-7-11/h2-9,18H,1H3,(H,16,19). The number of hydrogen-bond donors (Lipinski definition) is 2. The first-order chi connectivity index (χ1) is 9.97. The summed E-state index contributed by atoms with van der Waals surface area (Å²) in [6.07, 6.45) is 2.55. The molecule has 0 fully saturated rings. The van der Waals surface area contributed by atoms with Crippen LogP contribution in [0.2, 0.25) is 0 Å². The number of rotatable bonds is 4. The van der Waals surface area contributed by atoms with E-state index in [9.17, 15) is 20.0 Å². The summed E-state index contributed by atoms with van der Waals surface area (Å²) >= 11 is 0. The molecule has 1 heterocycles. The Morgan fingerprint density at radius 1 is 1.38 bits per heavy atom. The van der Waals surface area contributed by atoms with Crippen LogP contribution in [-0.2, 0) is 0 Å². The fraction of sp³-hybridized carbons (Fsp3) is 0.143. The summed E-state index contributed by atoms with van der Waals surface area (Å²) < 4.78 is 0. The van der Waals surface area contributed by atoms with Gasteiger partial charge in [0.25, 0.3) is 11.6 Å². The lowest BCUT2D eigenvalue weighted by Crippen LogP contribution is -2.26. The van der Waals surface area contributed by atoms with Crippen LogP contribution in [0.15, 0.2) is 42.7 Å². The van der Waals surface area contributed by atoms with E-state index in [-0.39, 0.29) is 17.0 Å². The maximum Gasteiger partial charge on any atom is 0.269 e. The van der Waals surface area contributed by atoms with Gasteiger partial charge in [-0.1, -0.05) is 12.1 Å². The molecular formula is C14H13N3O4. The van der Waals surface area contributed by atoms with E-state index < -0.39 is 16.9 Å². The summed E-state index contributed by atoms with van der Waals surface area (Å²) in [4.78, 5) is 26.0. The molecule has 7 nitrogen and oxygen atoms in total. The van der Waals surface area contributed by atoms with Crippen molar-refractivity contribution in [3.05, 3.63) is 64.0 Å². The van der Waals surface area contributed by atoms with Crippen LogP contribution in [0.1, 0.15) is 28.9 Å². The maximum atomic E-state index is 12.0. The van der Waals surface area contributed by atoms with Crippen molar-refractivity contribution < 1.29 is 14.8 Å². The summed E-state index contributed by atoms with van der Waals surface area (Å²) in [6, 6.07) is 6.93. The molecule has 0 aliphatic rings. The first kappa shape index (κ1) is 14.4. The number of nitrogens with one attached hydrogen (secondary N) is 1. The zero-order valence-electron chi connectivity index (χ0n) is 11.2. The Kier molecular flexibility index (Phi) is 4.13. The lowest BCUT2D eigenvalue weighted by molar-refractivity contribution is -0.384. The van der Waals surface area contributed by atoms with Crippen molar-refractivity contribution in [2.24, 2.45) is 0 Å². The fourth-order valence-corrected chi connectivity index (χ4v) is 1.82. The Bertz CT molecular complexity index is 687. The third-order valence-corrected chi connectivity index (χ3v) is 2.91. The highest BCUT2D eigenvalue weighted by Crippen LogP contribution is 2.19. The van der Waals surface area contributed by atoms with Crippen LogP contribution in [0.3, 0.4) is 0 Å². The van der Waals surface area contributed by atoms with Crippen molar-refractivity contribution in [1.29, 1.82) is 0 Å². The highest BCUT2D eigenvalue weighted by Gasteiger charge is 2.14. The van der Waals surface area contributed by atoms with Gasteiger partial charge in [-0.3, -0.25) is 19.9 Å². The number of aromatic nitrogens is 1. The van der Waals surface area contributed by atoms with Gasteiger partial charge in [-0.15, -0.1) is 0 Å². The van der Waals surface area contributed by atoms with Crippen LogP contribution in [0.4, 0.5) is 5.69 Å². The zero-order chi connectivity index (χ0) is 15.4. The average molecular weight is 287 g/mol. The Labute approximate surface area is 120 Å². The van der Waals surface area contributed by atoms with Gasteiger partial charge in [-0.2, -0.15) is 0 Å². The minimum absolute atomic E-state index is 0.0346. The molecule has 0 bridgehead atoms. The molecule has 1 atom stereocenters. The number of carbonyl (C=O) groups is 1. The molecule has 0 spiro atoms. The number of aromatic hydroxyl groups is 1. The van der Waals surface area contributed by atoms with E-state index in [0.29, 0.717) is 5.56 Å². The number of non-ortho nitro benzene ring substituents is 1. The predicted octanol–water partition coefficient (Wildman–Crippen LogP) is 2.19. The van der Waals surface area contributed by atoms with Crippen molar-refractivity contribution in [2.75, 3.05) is 0 Å². The zero-order valence-corrected chi connectivity index (χ0v) is 11.2. The Morgan fingerprint density at radius 2 is 2.14 bits per heavy atom. The van der Waals surface area contributed by atoms with Gasteiger partial charge in [-0.05, 0) is 18.6 Å². The molecule has 2 N–H and O–H groups in total. The molecule has 1 amide bonds. The molecule has 7 heteroatoms. The van der Waals surface area contributed by atoms with E-state index in [1.807, 2.05) is 0 Å². The smallest absolute Gasteiger partial charge is 0.269 e. The molecule has 1 unspecified atom stereocenters. The third-order valence-electron chi connectivity index (χ3n) is 2.91.